The van der Waals surface area contributed by atoms with Crippen molar-refractivity contribution in [1.29, 1.82) is 0 Å². The number of thioether (sulfide) groups is 1. The van der Waals surface area contributed by atoms with Crippen molar-refractivity contribution >= 4 is 29.4 Å². The van der Waals surface area contributed by atoms with Crippen molar-refractivity contribution in [3.8, 4) is 11.1 Å². The number of nitrogens with one attached hydrogen (secondary N) is 3. The van der Waals surface area contributed by atoms with Crippen LogP contribution in [-0.2, 0) is 27.4 Å². The lowest BCUT2D eigenvalue weighted by Crippen LogP contribution is -2.61. The number of hydrogen-bond donors (Lipinski definition) is 4. The number of benzene rings is 4. The van der Waals surface area contributed by atoms with Gasteiger partial charge in [-0.1, -0.05) is 66.7 Å². The van der Waals surface area contributed by atoms with E-state index in [0.717, 1.165) is 86.7 Å². The lowest BCUT2D eigenvalue weighted by molar-refractivity contribution is -0.245. The fourth-order valence-electron chi connectivity index (χ4n) is 9.47. The van der Waals surface area contributed by atoms with Gasteiger partial charge in [-0.15, -0.1) is 11.8 Å². The number of rotatable bonds is 11. The Bertz CT molecular complexity index is 1860. The predicted octanol–water partition coefficient (Wildman–Crippen LogP) is 8.91. The molecule has 4 aromatic rings. The van der Waals surface area contributed by atoms with Crippen LogP contribution < -0.4 is 16.0 Å². The summed E-state index contributed by atoms with van der Waals surface area (Å²) in [5.74, 6) is 3.02. The molecule has 5 fully saturated rings. The van der Waals surface area contributed by atoms with Crippen LogP contribution >= 0.6 is 11.8 Å². The summed E-state index contributed by atoms with van der Waals surface area (Å²) >= 11 is 1.72. The Labute approximate surface area is 316 Å². The Morgan fingerprint density at radius 3 is 2.11 bits per heavy atom. The van der Waals surface area contributed by atoms with Crippen LogP contribution in [0.25, 0.3) is 11.1 Å². The summed E-state index contributed by atoms with van der Waals surface area (Å²) in [5.41, 5.74) is 6.86. The van der Waals surface area contributed by atoms with Gasteiger partial charge in [-0.05, 0) is 114 Å². The van der Waals surface area contributed by atoms with Crippen molar-refractivity contribution in [3.05, 3.63) is 119 Å². The molecular weight excluding hydrogens is 683 g/mol. The average Bonchev–Trinajstić information content (AvgIpc) is 3.16. The molecule has 0 radical (unpaired) electrons. The molecule has 4 bridgehead atoms. The lowest BCUT2D eigenvalue weighted by atomic mass is 9.53. The first kappa shape index (κ1) is 35.9. The number of carbonyl (C=O) groups is 2. The largest absolute Gasteiger partial charge is 0.392 e. The van der Waals surface area contributed by atoms with Crippen LogP contribution in [0.3, 0.4) is 0 Å². The molecule has 0 spiro atoms. The van der Waals surface area contributed by atoms with E-state index in [1.54, 1.807) is 11.8 Å². The van der Waals surface area contributed by atoms with Gasteiger partial charge in [0, 0.05) is 47.3 Å². The number of carbonyl (C=O) groups excluding carboxylic acids is 2. The zero-order valence-corrected chi connectivity index (χ0v) is 31.1. The van der Waals surface area contributed by atoms with E-state index in [0.29, 0.717) is 13.0 Å². The van der Waals surface area contributed by atoms with Crippen molar-refractivity contribution in [1.82, 2.24) is 10.6 Å². The van der Waals surface area contributed by atoms with Crippen molar-refractivity contribution in [2.45, 2.75) is 94.0 Å². The SMILES string of the molecule is CC(=O)Nc1ccc(SC[C@@H]2C[C@H](c3ccc(CO)cc3)O[C@H](c3ccc(-c4cccc(CNC(=O)NC56CC7CC(CC(C7)C5)C6)c4)cc3)O2)cc1. The van der Waals surface area contributed by atoms with E-state index in [1.165, 1.54) is 26.2 Å². The average molecular weight is 732 g/mol. The van der Waals surface area contributed by atoms with E-state index >= 15 is 0 Å². The molecular formula is C44H49N3O5S. The summed E-state index contributed by atoms with van der Waals surface area (Å²) in [7, 11) is 0. The molecule has 3 atom stereocenters. The highest BCUT2D eigenvalue weighted by atomic mass is 32.2. The first-order valence-corrected chi connectivity index (χ1v) is 20.0. The second-order valence-corrected chi connectivity index (χ2v) is 16.8. The minimum Gasteiger partial charge on any atom is -0.392 e. The Morgan fingerprint density at radius 1 is 0.774 bits per heavy atom. The third-order valence-electron chi connectivity index (χ3n) is 11.5. The number of anilines is 1. The fraction of sp³-hybridized carbons (Fsp3) is 0.409. The molecule has 1 saturated heterocycles. The van der Waals surface area contributed by atoms with E-state index in [2.05, 4.69) is 58.4 Å². The molecule has 53 heavy (non-hydrogen) atoms. The molecule has 276 valence electrons. The van der Waals surface area contributed by atoms with Gasteiger partial charge in [-0.2, -0.15) is 0 Å². The Kier molecular flexibility index (Phi) is 10.6. The highest BCUT2D eigenvalue weighted by Crippen LogP contribution is 2.55. The fourth-order valence-corrected chi connectivity index (χ4v) is 10.4. The molecule has 1 aliphatic heterocycles. The molecule has 4 N–H and O–H groups in total. The maximum absolute atomic E-state index is 13.1. The molecule has 0 aromatic heterocycles. The minimum absolute atomic E-state index is 0.000301. The smallest absolute Gasteiger partial charge is 0.315 e. The molecule has 4 aromatic carbocycles. The van der Waals surface area contributed by atoms with E-state index < -0.39 is 6.29 Å². The highest BCUT2D eigenvalue weighted by molar-refractivity contribution is 7.99. The first-order chi connectivity index (χ1) is 25.8. The Hall–Kier alpha value is -4.15. The zero-order chi connectivity index (χ0) is 36.4. The van der Waals surface area contributed by atoms with Gasteiger partial charge in [0.25, 0.3) is 0 Å². The maximum Gasteiger partial charge on any atom is 0.315 e. The van der Waals surface area contributed by atoms with Crippen LogP contribution in [0.4, 0.5) is 10.5 Å². The summed E-state index contributed by atoms with van der Waals surface area (Å²) in [6.45, 7) is 1.98. The van der Waals surface area contributed by atoms with E-state index in [1.807, 2.05) is 54.6 Å². The van der Waals surface area contributed by atoms with E-state index in [-0.39, 0.29) is 36.3 Å². The van der Waals surface area contributed by atoms with Gasteiger partial charge in [0.15, 0.2) is 6.29 Å². The van der Waals surface area contributed by atoms with Gasteiger partial charge in [0.05, 0.1) is 18.8 Å². The zero-order valence-electron chi connectivity index (χ0n) is 30.3. The van der Waals surface area contributed by atoms with Crippen LogP contribution in [-0.4, -0.2) is 34.4 Å². The van der Waals surface area contributed by atoms with Gasteiger partial charge < -0.3 is 30.5 Å². The number of aliphatic hydroxyl groups is 1. The predicted molar refractivity (Wildman–Crippen MR) is 208 cm³/mol. The minimum atomic E-state index is -0.545. The number of hydrogen-bond acceptors (Lipinski definition) is 6. The van der Waals surface area contributed by atoms with E-state index in [4.69, 9.17) is 9.47 Å². The Morgan fingerprint density at radius 2 is 1.45 bits per heavy atom. The van der Waals surface area contributed by atoms with Crippen LogP contribution in [0, 0.1) is 17.8 Å². The molecule has 4 saturated carbocycles. The summed E-state index contributed by atoms with van der Waals surface area (Å²) in [5, 5.41) is 19.0. The molecule has 9 heteroatoms. The van der Waals surface area contributed by atoms with Crippen LogP contribution in [0.1, 0.15) is 86.5 Å². The summed E-state index contributed by atoms with van der Waals surface area (Å²) in [4.78, 5) is 25.6. The molecule has 3 amide bonds. The topological polar surface area (TPSA) is 109 Å². The van der Waals surface area contributed by atoms with Crippen molar-refractivity contribution < 1.29 is 24.2 Å². The van der Waals surface area contributed by atoms with Crippen molar-refractivity contribution in [2.75, 3.05) is 11.1 Å². The van der Waals surface area contributed by atoms with Gasteiger partial charge in [-0.25, -0.2) is 4.79 Å². The third-order valence-corrected chi connectivity index (χ3v) is 12.7. The number of aliphatic hydroxyl groups excluding tert-OH is 1. The highest BCUT2D eigenvalue weighted by Gasteiger charge is 2.51. The van der Waals surface area contributed by atoms with Crippen LogP contribution in [0.5, 0.6) is 0 Å². The normalized spacial score (nSPS) is 27.3. The van der Waals surface area contributed by atoms with Crippen LogP contribution in [0.2, 0.25) is 0 Å². The van der Waals surface area contributed by atoms with Crippen LogP contribution in [0.15, 0.2) is 102 Å². The van der Waals surface area contributed by atoms with Gasteiger partial charge in [0.1, 0.15) is 0 Å². The molecule has 0 unspecified atom stereocenters. The maximum atomic E-state index is 13.1. The molecule has 8 nitrogen and oxygen atoms in total. The summed E-state index contributed by atoms with van der Waals surface area (Å²) in [6, 6.07) is 32.5. The monoisotopic (exact) mass is 731 g/mol. The molecule has 5 aliphatic rings. The molecule has 9 rings (SSSR count). The summed E-state index contributed by atoms with van der Waals surface area (Å²) in [6.07, 6.45) is 7.42. The van der Waals surface area contributed by atoms with Gasteiger partial charge in [-0.3, -0.25) is 4.79 Å². The second-order valence-electron chi connectivity index (χ2n) is 15.7. The molecule has 4 aliphatic carbocycles. The third kappa shape index (κ3) is 8.65. The van der Waals surface area contributed by atoms with Gasteiger partial charge >= 0.3 is 6.03 Å². The second kappa shape index (κ2) is 15.7. The Balaban J connectivity index is 0.914. The van der Waals surface area contributed by atoms with E-state index in [9.17, 15) is 14.7 Å². The lowest BCUT2D eigenvalue weighted by Gasteiger charge is -2.56. The van der Waals surface area contributed by atoms with Crippen molar-refractivity contribution in [2.24, 2.45) is 17.8 Å². The number of urea groups is 1. The standard InChI is InChI=1S/C44H49N3O5S/c1-28(49)46-38-13-15-40(16-14-38)53-27-39-21-41(35-7-5-29(26-48)6-8-35)52-42(51-39)36-11-9-34(10-12-36)37-4-2-3-30(20-37)25-45-43(50)47-44-22-31-17-32(23-44)19-33(18-31)24-44/h2-16,20,31-33,39,41-42,48H,17-19,21-27H2,1H3,(H,46,49)(H2,45,47,50)/t31?,32?,33?,39-,41+,42+,44?/m0/s1. The molecule has 1 heterocycles. The van der Waals surface area contributed by atoms with Gasteiger partial charge in [0.2, 0.25) is 5.91 Å². The first-order valence-electron chi connectivity index (χ1n) is 19.0. The number of amides is 3. The van der Waals surface area contributed by atoms with Crippen molar-refractivity contribution in [3.63, 3.8) is 0 Å². The number of ether oxygens (including phenoxy) is 2. The quantitative estimate of drug-likeness (QED) is 0.115. The summed E-state index contributed by atoms with van der Waals surface area (Å²) < 4.78 is 13.2.